The van der Waals surface area contributed by atoms with Crippen molar-refractivity contribution in [3.05, 3.63) is 35.9 Å². The summed E-state index contributed by atoms with van der Waals surface area (Å²) in [5.74, 6) is -0.208. The molecule has 94 valence electrons. The first-order valence-corrected chi connectivity index (χ1v) is 5.90. The summed E-state index contributed by atoms with van der Waals surface area (Å²) in [5.41, 5.74) is 0.369. The van der Waals surface area contributed by atoms with Crippen LogP contribution >= 0.6 is 11.6 Å². The standard InChI is InChI=1S/C13H18ClNO2/c1-13(2,9-17-3)15-12(16)11(14)10-7-5-4-6-8-10/h4-8,11H,9H2,1-3H3,(H,15,16). The van der Waals surface area contributed by atoms with Crippen LogP contribution in [-0.4, -0.2) is 25.2 Å². The molecule has 1 atom stereocenters. The van der Waals surface area contributed by atoms with Gasteiger partial charge in [-0.15, -0.1) is 11.6 Å². The summed E-state index contributed by atoms with van der Waals surface area (Å²) in [6.45, 7) is 4.23. The van der Waals surface area contributed by atoms with Crippen molar-refractivity contribution in [1.29, 1.82) is 0 Å². The average molecular weight is 256 g/mol. The summed E-state index contributed by atoms with van der Waals surface area (Å²) in [6.07, 6.45) is 0. The van der Waals surface area contributed by atoms with Gasteiger partial charge in [-0.3, -0.25) is 4.79 Å². The van der Waals surface area contributed by atoms with Gasteiger partial charge in [-0.05, 0) is 19.4 Å². The first kappa shape index (κ1) is 14.0. The zero-order chi connectivity index (χ0) is 12.9. The van der Waals surface area contributed by atoms with Crippen LogP contribution in [0.15, 0.2) is 30.3 Å². The van der Waals surface area contributed by atoms with Crippen LogP contribution < -0.4 is 5.32 Å². The van der Waals surface area contributed by atoms with E-state index in [-0.39, 0.29) is 5.91 Å². The number of rotatable bonds is 5. The lowest BCUT2D eigenvalue weighted by Crippen LogP contribution is -2.47. The second kappa shape index (κ2) is 6.03. The van der Waals surface area contributed by atoms with E-state index in [1.54, 1.807) is 7.11 Å². The van der Waals surface area contributed by atoms with Crippen LogP contribution in [0, 0.1) is 0 Å². The zero-order valence-corrected chi connectivity index (χ0v) is 11.1. The van der Waals surface area contributed by atoms with Gasteiger partial charge in [0.25, 0.3) is 0 Å². The fourth-order valence-corrected chi connectivity index (χ4v) is 1.77. The maximum atomic E-state index is 11.9. The molecule has 0 aliphatic rings. The van der Waals surface area contributed by atoms with Crippen LogP contribution in [0.25, 0.3) is 0 Å². The SMILES string of the molecule is COCC(C)(C)NC(=O)C(Cl)c1ccccc1. The molecule has 1 aromatic rings. The third-order valence-electron chi connectivity index (χ3n) is 2.29. The Kier molecular flexibility index (Phi) is 4.97. The van der Waals surface area contributed by atoms with E-state index < -0.39 is 10.9 Å². The molecule has 4 heteroatoms. The Bertz CT molecular complexity index is 365. The van der Waals surface area contributed by atoms with Gasteiger partial charge in [0, 0.05) is 7.11 Å². The Morgan fingerprint density at radius 2 is 2.00 bits per heavy atom. The molecule has 0 saturated heterocycles. The van der Waals surface area contributed by atoms with E-state index in [2.05, 4.69) is 5.32 Å². The molecule has 0 aromatic heterocycles. The van der Waals surface area contributed by atoms with Gasteiger partial charge in [0.05, 0.1) is 12.1 Å². The molecular weight excluding hydrogens is 238 g/mol. The molecule has 0 aliphatic carbocycles. The molecule has 3 nitrogen and oxygen atoms in total. The van der Waals surface area contributed by atoms with Gasteiger partial charge in [0.15, 0.2) is 0 Å². The Labute approximate surface area is 107 Å². The van der Waals surface area contributed by atoms with Gasteiger partial charge < -0.3 is 10.1 Å². The van der Waals surface area contributed by atoms with E-state index in [0.29, 0.717) is 6.61 Å². The topological polar surface area (TPSA) is 38.3 Å². The molecule has 1 aromatic carbocycles. The number of amides is 1. The summed E-state index contributed by atoms with van der Waals surface area (Å²) in [4.78, 5) is 11.9. The van der Waals surface area contributed by atoms with Crippen molar-refractivity contribution in [1.82, 2.24) is 5.32 Å². The lowest BCUT2D eigenvalue weighted by molar-refractivity contribution is -0.123. The first-order valence-electron chi connectivity index (χ1n) is 5.46. The monoisotopic (exact) mass is 255 g/mol. The predicted molar refractivity (Wildman–Crippen MR) is 69.1 cm³/mol. The molecule has 1 amide bonds. The van der Waals surface area contributed by atoms with Gasteiger partial charge >= 0.3 is 0 Å². The third-order valence-corrected chi connectivity index (χ3v) is 2.74. The Morgan fingerprint density at radius 3 is 2.53 bits per heavy atom. The number of methoxy groups -OCH3 is 1. The van der Waals surface area contributed by atoms with E-state index in [1.807, 2.05) is 44.2 Å². The number of carbonyl (C=O) groups is 1. The lowest BCUT2D eigenvalue weighted by atomic mass is 10.1. The summed E-state index contributed by atoms with van der Waals surface area (Å²) in [5, 5.41) is 2.19. The molecule has 1 N–H and O–H groups in total. The smallest absolute Gasteiger partial charge is 0.243 e. The highest BCUT2D eigenvalue weighted by atomic mass is 35.5. The number of nitrogens with one attached hydrogen (secondary N) is 1. The Hall–Kier alpha value is -1.06. The van der Waals surface area contributed by atoms with Gasteiger partial charge in [-0.1, -0.05) is 30.3 Å². The molecule has 0 bridgehead atoms. The fourth-order valence-electron chi connectivity index (χ4n) is 1.57. The minimum Gasteiger partial charge on any atom is -0.382 e. The van der Waals surface area contributed by atoms with Gasteiger partial charge in [-0.2, -0.15) is 0 Å². The summed E-state index contributed by atoms with van der Waals surface area (Å²) in [6, 6.07) is 9.28. The number of ether oxygens (including phenoxy) is 1. The van der Waals surface area contributed by atoms with Crippen molar-refractivity contribution in [3.8, 4) is 0 Å². The first-order chi connectivity index (χ1) is 7.96. The van der Waals surface area contributed by atoms with E-state index in [4.69, 9.17) is 16.3 Å². The van der Waals surface area contributed by atoms with Crippen molar-refractivity contribution in [2.45, 2.75) is 24.8 Å². The van der Waals surface area contributed by atoms with Crippen LogP contribution in [0.2, 0.25) is 0 Å². The molecule has 1 rings (SSSR count). The second-order valence-corrected chi connectivity index (χ2v) is 5.02. The number of halogens is 1. The highest BCUT2D eigenvalue weighted by Gasteiger charge is 2.25. The highest BCUT2D eigenvalue weighted by molar-refractivity contribution is 6.30. The van der Waals surface area contributed by atoms with Gasteiger partial charge in [0.1, 0.15) is 5.38 Å². The van der Waals surface area contributed by atoms with E-state index >= 15 is 0 Å². The van der Waals surface area contributed by atoms with Crippen molar-refractivity contribution in [3.63, 3.8) is 0 Å². The predicted octanol–water partition coefficient (Wildman–Crippen LogP) is 2.51. The second-order valence-electron chi connectivity index (χ2n) is 4.58. The highest BCUT2D eigenvalue weighted by Crippen LogP contribution is 2.21. The molecule has 0 radical (unpaired) electrons. The average Bonchev–Trinajstić information content (AvgIpc) is 2.28. The number of carbonyl (C=O) groups excluding carboxylic acids is 1. The minimum atomic E-state index is -0.674. The van der Waals surface area contributed by atoms with Crippen LogP contribution in [0.5, 0.6) is 0 Å². The van der Waals surface area contributed by atoms with E-state index in [9.17, 15) is 4.79 Å². The molecule has 0 heterocycles. The molecule has 0 saturated carbocycles. The molecule has 1 unspecified atom stereocenters. The quantitative estimate of drug-likeness (QED) is 0.821. The third kappa shape index (κ3) is 4.36. The Balaban J connectivity index is 2.65. The molecule has 17 heavy (non-hydrogen) atoms. The maximum absolute atomic E-state index is 11.9. The minimum absolute atomic E-state index is 0.208. The van der Waals surface area contributed by atoms with Gasteiger partial charge in [0.2, 0.25) is 5.91 Å². The number of hydrogen-bond donors (Lipinski definition) is 1. The Morgan fingerprint density at radius 1 is 1.41 bits per heavy atom. The number of alkyl halides is 1. The van der Waals surface area contributed by atoms with Crippen LogP contribution in [0.4, 0.5) is 0 Å². The summed E-state index contributed by atoms with van der Waals surface area (Å²) >= 11 is 6.11. The zero-order valence-electron chi connectivity index (χ0n) is 10.4. The lowest BCUT2D eigenvalue weighted by Gasteiger charge is -2.26. The van der Waals surface area contributed by atoms with Crippen molar-refractivity contribution in [2.75, 3.05) is 13.7 Å². The van der Waals surface area contributed by atoms with Crippen LogP contribution in [0.1, 0.15) is 24.8 Å². The maximum Gasteiger partial charge on any atom is 0.243 e. The van der Waals surface area contributed by atoms with Crippen LogP contribution in [0.3, 0.4) is 0 Å². The summed E-state index contributed by atoms with van der Waals surface area (Å²) < 4.78 is 5.04. The van der Waals surface area contributed by atoms with Crippen molar-refractivity contribution >= 4 is 17.5 Å². The molecular formula is C13H18ClNO2. The summed E-state index contributed by atoms with van der Waals surface area (Å²) in [7, 11) is 1.60. The van der Waals surface area contributed by atoms with Crippen LogP contribution in [-0.2, 0) is 9.53 Å². The van der Waals surface area contributed by atoms with Crippen molar-refractivity contribution < 1.29 is 9.53 Å². The normalized spacial score (nSPS) is 13.2. The van der Waals surface area contributed by atoms with Crippen molar-refractivity contribution in [2.24, 2.45) is 0 Å². The number of benzene rings is 1. The molecule has 0 fully saturated rings. The van der Waals surface area contributed by atoms with E-state index in [1.165, 1.54) is 0 Å². The van der Waals surface area contributed by atoms with E-state index in [0.717, 1.165) is 5.56 Å². The number of hydrogen-bond acceptors (Lipinski definition) is 2. The fraction of sp³-hybridized carbons (Fsp3) is 0.462. The largest absolute Gasteiger partial charge is 0.382 e. The molecule has 0 aliphatic heterocycles. The molecule has 0 spiro atoms. The van der Waals surface area contributed by atoms with Gasteiger partial charge in [-0.25, -0.2) is 0 Å².